The Bertz CT molecular complexity index is 799. The molecular formula is C20H24Cl2N4O2. The molecule has 150 valence electrons. The molecule has 0 bridgehead atoms. The number of ether oxygens (including phenoxy) is 1. The van der Waals surface area contributed by atoms with Gasteiger partial charge in [-0.3, -0.25) is 9.88 Å². The topological polar surface area (TPSA) is 57.7 Å². The number of halogens is 2. The first kappa shape index (κ1) is 20.7. The molecule has 8 heteroatoms. The van der Waals surface area contributed by atoms with E-state index in [4.69, 9.17) is 27.9 Å². The minimum atomic E-state index is -0.461. The van der Waals surface area contributed by atoms with Gasteiger partial charge < -0.3 is 15.0 Å². The number of likely N-dealkylation sites (N-methyl/N-ethyl adjacent to an activating group) is 1. The van der Waals surface area contributed by atoms with Gasteiger partial charge in [0.05, 0.1) is 0 Å². The first-order chi connectivity index (χ1) is 13.4. The monoisotopic (exact) mass is 422 g/mol. The summed E-state index contributed by atoms with van der Waals surface area (Å²) in [6.45, 7) is 5.20. The zero-order chi connectivity index (χ0) is 20.3. The third-order valence-corrected chi connectivity index (χ3v) is 5.14. The number of carbonyl (C=O) groups is 1. The maximum atomic E-state index is 12.8. The summed E-state index contributed by atoms with van der Waals surface area (Å²) < 4.78 is 6.21. The molecule has 1 aliphatic rings. The third kappa shape index (κ3) is 4.69. The van der Waals surface area contributed by atoms with Crippen LogP contribution in [0.2, 0.25) is 10.0 Å². The van der Waals surface area contributed by atoms with Crippen molar-refractivity contribution in [3.63, 3.8) is 0 Å². The zero-order valence-electron chi connectivity index (χ0n) is 16.1. The molecule has 2 aromatic rings. The van der Waals surface area contributed by atoms with Gasteiger partial charge in [-0.15, -0.1) is 0 Å². The fraction of sp³-hybridized carbons (Fsp3) is 0.400. The summed E-state index contributed by atoms with van der Waals surface area (Å²) in [4.78, 5) is 20.3. The number of pyridine rings is 1. The van der Waals surface area contributed by atoms with Gasteiger partial charge in [-0.2, -0.15) is 0 Å². The second kappa shape index (κ2) is 8.99. The lowest BCUT2D eigenvalue weighted by Gasteiger charge is -2.30. The molecule has 2 heterocycles. The number of amides is 2. The quantitative estimate of drug-likeness (QED) is 0.731. The molecule has 2 atom stereocenters. The second-order valence-electron chi connectivity index (χ2n) is 7.06. The number of hydrogen-bond donors (Lipinski definition) is 1. The average molecular weight is 423 g/mol. The lowest BCUT2D eigenvalue weighted by molar-refractivity contribution is 0.0410. The molecule has 28 heavy (non-hydrogen) atoms. The number of rotatable bonds is 7. The minimum absolute atomic E-state index is 0.0141. The van der Waals surface area contributed by atoms with Gasteiger partial charge >= 0.3 is 6.03 Å². The Hall–Kier alpha value is -2.02. The Morgan fingerprint density at radius 2 is 1.82 bits per heavy atom. The molecular weight excluding hydrogens is 399 g/mol. The molecule has 1 aliphatic heterocycles. The summed E-state index contributed by atoms with van der Waals surface area (Å²) in [6, 6.07) is 8.72. The van der Waals surface area contributed by atoms with Crippen molar-refractivity contribution in [2.45, 2.75) is 38.7 Å². The van der Waals surface area contributed by atoms with Crippen LogP contribution in [-0.4, -0.2) is 52.7 Å². The van der Waals surface area contributed by atoms with Gasteiger partial charge in [-0.05, 0) is 49.7 Å². The second-order valence-corrected chi connectivity index (χ2v) is 7.93. The summed E-state index contributed by atoms with van der Waals surface area (Å²) in [5, 5.41) is 4.39. The molecule has 0 aliphatic carbocycles. The van der Waals surface area contributed by atoms with Crippen molar-refractivity contribution < 1.29 is 9.53 Å². The first-order valence-electron chi connectivity index (χ1n) is 9.14. The number of hydrogen-bond acceptors (Lipinski definition) is 4. The van der Waals surface area contributed by atoms with Crippen LogP contribution in [0.1, 0.15) is 19.4 Å². The molecule has 0 saturated carbocycles. The summed E-state index contributed by atoms with van der Waals surface area (Å²) in [7, 11) is 1.80. The molecule has 1 aromatic heterocycles. The predicted molar refractivity (Wildman–Crippen MR) is 111 cm³/mol. The average Bonchev–Trinajstić information content (AvgIpc) is 2.86. The minimum Gasteiger partial charge on any atom is -0.468 e. The summed E-state index contributed by atoms with van der Waals surface area (Å²) in [5.74, 6) is 0.537. The highest BCUT2D eigenvalue weighted by molar-refractivity contribution is 6.34. The highest BCUT2D eigenvalue weighted by Crippen LogP contribution is 2.30. The van der Waals surface area contributed by atoms with E-state index in [1.165, 1.54) is 0 Å². The lowest BCUT2D eigenvalue weighted by atomic mass is 10.2. The highest BCUT2D eigenvalue weighted by Gasteiger charge is 2.46. The Morgan fingerprint density at radius 1 is 1.18 bits per heavy atom. The summed E-state index contributed by atoms with van der Waals surface area (Å²) >= 11 is 12.2. The van der Waals surface area contributed by atoms with Crippen LogP contribution in [0.5, 0.6) is 5.75 Å². The van der Waals surface area contributed by atoms with Crippen LogP contribution in [0.15, 0.2) is 42.7 Å². The van der Waals surface area contributed by atoms with Crippen LogP contribution in [0, 0.1) is 0 Å². The Labute approximate surface area is 175 Å². The first-order valence-corrected chi connectivity index (χ1v) is 9.90. The van der Waals surface area contributed by atoms with Gasteiger partial charge in [0.15, 0.2) is 6.23 Å². The normalized spacial score (nSPS) is 19.6. The Morgan fingerprint density at radius 3 is 2.43 bits per heavy atom. The molecule has 1 N–H and O–H groups in total. The highest BCUT2D eigenvalue weighted by atomic mass is 35.5. The van der Waals surface area contributed by atoms with Gasteiger partial charge in [0.1, 0.15) is 11.8 Å². The zero-order valence-corrected chi connectivity index (χ0v) is 17.6. The van der Waals surface area contributed by atoms with E-state index in [-0.39, 0.29) is 18.1 Å². The molecule has 1 fully saturated rings. The predicted octanol–water partition coefficient (Wildman–Crippen LogP) is 4.03. The largest absolute Gasteiger partial charge is 0.468 e. The van der Waals surface area contributed by atoms with Crippen molar-refractivity contribution in [3.8, 4) is 5.75 Å². The molecule has 1 saturated heterocycles. The van der Waals surface area contributed by atoms with Crippen molar-refractivity contribution in [2.75, 3.05) is 13.6 Å². The third-order valence-electron chi connectivity index (χ3n) is 4.70. The van der Waals surface area contributed by atoms with Crippen LogP contribution in [0.4, 0.5) is 4.79 Å². The van der Waals surface area contributed by atoms with E-state index in [1.54, 1.807) is 47.4 Å². The van der Waals surface area contributed by atoms with Gasteiger partial charge in [-0.25, -0.2) is 4.79 Å². The van der Waals surface area contributed by atoms with E-state index < -0.39 is 6.23 Å². The molecule has 1 aromatic carbocycles. The molecule has 0 radical (unpaired) electrons. The molecule has 2 amide bonds. The van der Waals surface area contributed by atoms with E-state index >= 15 is 0 Å². The smallest absolute Gasteiger partial charge is 0.323 e. The number of benzene rings is 1. The van der Waals surface area contributed by atoms with Crippen LogP contribution < -0.4 is 10.1 Å². The van der Waals surface area contributed by atoms with Crippen LogP contribution in [-0.2, 0) is 6.54 Å². The Kier molecular flexibility index (Phi) is 6.65. The summed E-state index contributed by atoms with van der Waals surface area (Å²) in [6.07, 6.45) is 3.06. The van der Waals surface area contributed by atoms with Crippen molar-refractivity contribution >= 4 is 29.2 Å². The number of urea groups is 1. The van der Waals surface area contributed by atoms with E-state index in [1.807, 2.05) is 26.0 Å². The van der Waals surface area contributed by atoms with Crippen molar-refractivity contribution in [2.24, 2.45) is 0 Å². The van der Waals surface area contributed by atoms with Crippen LogP contribution in [0.25, 0.3) is 0 Å². The van der Waals surface area contributed by atoms with Crippen LogP contribution in [0.3, 0.4) is 0 Å². The lowest BCUT2D eigenvalue weighted by Crippen LogP contribution is -2.48. The van der Waals surface area contributed by atoms with E-state index in [0.717, 1.165) is 5.56 Å². The molecule has 6 nitrogen and oxygen atoms in total. The fourth-order valence-corrected chi connectivity index (χ4v) is 3.80. The number of nitrogens with one attached hydrogen (secondary N) is 1. The van der Waals surface area contributed by atoms with Crippen molar-refractivity contribution in [3.05, 3.63) is 58.3 Å². The maximum absolute atomic E-state index is 12.8. The van der Waals surface area contributed by atoms with Crippen molar-refractivity contribution in [1.82, 2.24) is 20.1 Å². The maximum Gasteiger partial charge on any atom is 0.323 e. The van der Waals surface area contributed by atoms with Gasteiger partial charge in [0, 0.05) is 48.6 Å². The fourth-order valence-electron chi connectivity index (χ4n) is 3.30. The SMILES string of the molecule is CC(C)N1C(=O)N(C)C(CNCc2ccncc2)C1Oc1cc(Cl)cc(Cl)c1. The van der Waals surface area contributed by atoms with E-state index in [9.17, 15) is 4.79 Å². The van der Waals surface area contributed by atoms with Gasteiger partial charge in [0.25, 0.3) is 0 Å². The van der Waals surface area contributed by atoms with Crippen LogP contribution >= 0.6 is 23.2 Å². The van der Waals surface area contributed by atoms with Crippen molar-refractivity contribution in [1.29, 1.82) is 0 Å². The number of nitrogens with zero attached hydrogens (tertiary/aromatic N) is 3. The number of aromatic nitrogens is 1. The van der Waals surface area contributed by atoms with E-state index in [2.05, 4.69) is 10.3 Å². The molecule has 0 spiro atoms. The number of carbonyl (C=O) groups excluding carboxylic acids is 1. The molecule has 3 rings (SSSR count). The van der Waals surface area contributed by atoms with Gasteiger partial charge in [-0.1, -0.05) is 23.2 Å². The standard InChI is InChI=1S/C20H24Cl2N4O2/c1-13(2)26-19(28-17-9-15(21)8-16(22)10-17)18(25(3)20(26)27)12-24-11-14-4-6-23-7-5-14/h4-10,13,18-19,24H,11-12H2,1-3H3. The summed E-state index contributed by atoms with van der Waals surface area (Å²) in [5.41, 5.74) is 1.13. The molecule has 2 unspecified atom stereocenters. The van der Waals surface area contributed by atoms with E-state index in [0.29, 0.717) is 28.9 Å². The van der Waals surface area contributed by atoms with Gasteiger partial charge in [0.2, 0.25) is 0 Å². The Balaban J connectivity index is 1.77.